The van der Waals surface area contributed by atoms with E-state index in [-0.39, 0.29) is 11.5 Å². The topological polar surface area (TPSA) is 95.7 Å². The van der Waals surface area contributed by atoms with Gasteiger partial charge in [0.25, 0.3) is 0 Å². The fraction of sp³-hybridized carbons (Fsp3) is 0.417. The second kappa shape index (κ2) is 6.53. The van der Waals surface area contributed by atoms with Crippen molar-refractivity contribution in [3.05, 3.63) is 24.3 Å². The SMILES string of the molecule is COC(=O)C(N)CCOc1ccc(S(C)(=O)=O)cc1. The first-order valence-corrected chi connectivity index (χ1v) is 7.50. The summed E-state index contributed by atoms with van der Waals surface area (Å²) in [6.45, 7) is 0.245. The number of hydrogen-bond donors (Lipinski definition) is 1. The van der Waals surface area contributed by atoms with Crippen LogP contribution >= 0.6 is 0 Å². The maximum Gasteiger partial charge on any atom is 0.322 e. The minimum atomic E-state index is -3.20. The van der Waals surface area contributed by atoms with Gasteiger partial charge in [-0.2, -0.15) is 0 Å². The Morgan fingerprint density at radius 3 is 2.37 bits per heavy atom. The van der Waals surface area contributed by atoms with Gasteiger partial charge in [0, 0.05) is 12.7 Å². The maximum atomic E-state index is 11.2. The molecule has 0 radical (unpaired) electrons. The number of nitrogens with two attached hydrogens (primary N) is 1. The third-order valence-electron chi connectivity index (χ3n) is 2.45. The molecule has 0 aliphatic rings. The Bertz CT molecular complexity index is 524. The van der Waals surface area contributed by atoms with E-state index < -0.39 is 21.8 Å². The van der Waals surface area contributed by atoms with Gasteiger partial charge in [-0.25, -0.2) is 8.42 Å². The molecular formula is C12H17NO5S. The Kier molecular flexibility index (Phi) is 5.31. The van der Waals surface area contributed by atoms with E-state index in [0.29, 0.717) is 12.2 Å². The molecule has 0 amide bonds. The lowest BCUT2D eigenvalue weighted by Crippen LogP contribution is -2.33. The fourth-order valence-electron chi connectivity index (χ4n) is 1.36. The van der Waals surface area contributed by atoms with Crippen molar-refractivity contribution in [3.8, 4) is 5.75 Å². The predicted octanol–water partition coefficient (Wildman–Crippen LogP) is 0.359. The normalized spacial score (nSPS) is 12.8. The molecule has 1 aromatic carbocycles. The summed E-state index contributed by atoms with van der Waals surface area (Å²) in [7, 11) is -1.93. The van der Waals surface area contributed by atoms with E-state index >= 15 is 0 Å². The van der Waals surface area contributed by atoms with Crippen molar-refractivity contribution in [2.45, 2.75) is 17.4 Å². The Morgan fingerprint density at radius 2 is 1.89 bits per heavy atom. The lowest BCUT2D eigenvalue weighted by molar-refractivity contribution is -0.142. The lowest BCUT2D eigenvalue weighted by atomic mass is 10.2. The zero-order valence-corrected chi connectivity index (χ0v) is 11.6. The third kappa shape index (κ3) is 4.88. The van der Waals surface area contributed by atoms with Gasteiger partial charge in [0.1, 0.15) is 11.8 Å². The van der Waals surface area contributed by atoms with Crippen molar-refractivity contribution in [3.63, 3.8) is 0 Å². The molecule has 19 heavy (non-hydrogen) atoms. The zero-order valence-electron chi connectivity index (χ0n) is 10.8. The van der Waals surface area contributed by atoms with Crippen LogP contribution in [0.3, 0.4) is 0 Å². The van der Waals surface area contributed by atoms with E-state index in [4.69, 9.17) is 10.5 Å². The van der Waals surface area contributed by atoms with Gasteiger partial charge in [-0.15, -0.1) is 0 Å². The average molecular weight is 287 g/mol. The summed E-state index contributed by atoms with van der Waals surface area (Å²) in [5.41, 5.74) is 5.54. The average Bonchev–Trinajstić information content (AvgIpc) is 2.37. The number of rotatable bonds is 6. The molecule has 0 aliphatic carbocycles. The third-order valence-corrected chi connectivity index (χ3v) is 3.58. The summed E-state index contributed by atoms with van der Waals surface area (Å²) >= 11 is 0. The highest BCUT2D eigenvalue weighted by atomic mass is 32.2. The largest absolute Gasteiger partial charge is 0.494 e. The van der Waals surface area contributed by atoms with E-state index in [1.165, 1.54) is 19.2 Å². The van der Waals surface area contributed by atoms with E-state index in [1.54, 1.807) is 12.1 Å². The summed E-state index contributed by atoms with van der Waals surface area (Å²) in [5.74, 6) is 0.0282. The van der Waals surface area contributed by atoms with Gasteiger partial charge < -0.3 is 15.2 Å². The van der Waals surface area contributed by atoms with Crippen molar-refractivity contribution in [2.75, 3.05) is 20.0 Å². The minimum absolute atomic E-state index is 0.228. The molecule has 1 aromatic rings. The summed E-state index contributed by atoms with van der Waals surface area (Å²) < 4.78 is 32.3. The highest BCUT2D eigenvalue weighted by Crippen LogP contribution is 2.16. The highest BCUT2D eigenvalue weighted by molar-refractivity contribution is 7.90. The molecule has 0 saturated heterocycles. The van der Waals surface area contributed by atoms with Crippen LogP contribution in [0.25, 0.3) is 0 Å². The first-order chi connectivity index (χ1) is 8.84. The molecule has 1 atom stereocenters. The van der Waals surface area contributed by atoms with Crippen LogP contribution in [0.4, 0.5) is 0 Å². The second-order valence-corrected chi connectivity index (χ2v) is 6.03. The van der Waals surface area contributed by atoms with Gasteiger partial charge in [-0.05, 0) is 24.3 Å². The Balaban J connectivity index is 2.49. The van der Waals surface area contributed by atoms with Gasteiger partial charge in [0.05, 0.1) is 18.6 Å². The predicted molar refractivity (Wildman–Crippen MR) is 69.7 cm³/mol. The van der Waals surface area contributed by atoms with Crippen molar-refractivity contribution < 1.29 is 22.7 Å². The summed E-state index contributed by atoms with van der Waals surface area (Å²) in [6, 6.07) is 5.32. The number of sulfone groups is 1. The van der Waals surface area contributed by atoms with Gasteiger partial charge in [-0.3, -0.25) is 4.79 Å². The van der Waals surface area contributed by atoms with Gasteiger partial charge >= 0.3 is 5.97 Å². The van der Waals surface area contributed by atoms with E-state index in [9.17, 15) is 13.2 Å². The smallest absolute Gasteiger partial charge is 0.322 e. The first-order valence-electron chi connectivity index (χ1n) is 5.61. The van der Waals surface area contributed by atoms with Crippen molar-refractivity contribution in [2.24, 2.45) is 5.73 Å². The van der Waals surface area contributed by atoms with Crippen LogP contribution in [-0.4, -0.2) is 40.4 Å². The first kappa shape index (κ1) is 15.5. The molecule has 0 aromatic heterocycles. The molecule has 7 heteroatoms. The van der Waals surface area contributed by atoms with Crippen LogP contribution < -0.4 is 10.5 Å². The standard InChI is InChI=1S/C12H17NO5S/c1-17-12(14)11(13)7-8-18-9-3-5-10(6-4-9)19(2,15)16/h3-6,11H,7-8,13H2,1-2H3. The Labute approximate surface area is 112 Å². The molecular weight excluding hydrogens is 270 g/mol. The Morgan fingerprint density at radius 1 is 1.32 bits per heavy atom. The zero-order chi connectivity index (χ0) is 14.5. The molecule has 0 fully saturated rings. The van der Waals surface area contributed by atoms with E-state index in [0.717, 1.165) is 6.26 Å². The monoisotopic (exact) mass is 287 g/mol. The number of carbonyl (C=O) groups excluding carboxylic acids is 1. The molecule has 6 nitrogen and oxygen atoms in total. The molecule has 106 valence electrons. The summed E-state index contributed by atoms with van der Waals surface area (Å²) in [6.07, 6.45) is 1.46. The maximum absolute atomic E-state index is 11.2. The van der Waals surface area contributed by atoms with Gasteiger partial charge in [0.15, 0.2) is 9.84 Å². The lowest BCUT2D eigenvalue weighted by Gasteiger charge is -2.10. The fourth-order valence-corrected chi connectivity index (χ4v) is 1.99. The molecule has 2 N–H and O–H groups in total. The highest BCUT2D eigenvalue weighted by Gasteiger charge is 2.13. The quantitative estimate of drug-likeness (QED) is 0.759. The molecule has 1 unspecified atom stereocenters. The molecule has 0 bridgehead atoms. The second-order valence-electron chi connectivity index (χ2n) is 4.01. The van der Waals surface area contributed by atoms with Crippen LogP contribution in [0.15, 0.2) is 29.2 Å². The number of carbonyl (C=O) groups is 1. The van der Waals surface area contributed by atoms with Gasteiger partial charge in [0.2, 0.25) is 0 Å². The Hall–Kier alpha value is -1.60. The van der Waals surface area contributed by atoms with Crippen LogP contribution in [0.1, 0.15) is 6.42 Å². The van der Waals surface area contributed by atoms with Crippen molar-refractivity contribution in [1.29, 1.82) is 0 Å². The van der Waals surface area contributed by atoms with Crippen LogP contribution in [0, 0.1) is 0 Å². The molecule has 0 aliphatic heterocycles. The molecule has 0 heterocycles. The molecule has 0 spiro atoms. The minimum Gasteiger partial charge on any atom is -0.494 e. The van der Waals surface area contributed by atoms with Crippen LogP contribution in [-0.2, 0) is 19.4 Å². The summed E-state index contributed by atoms with van der Waals surface area (Å²) in [5, 5.41) is 0. The van der Waals surface area contributed by atoms with E-state index in [2.05, 4.69) is 4.74 Å². The number of methoxy groups -OCH3 is 1. The number of esters is 1. The van der Waals surface area contributed by atoms with Crippen molar-refractivity contribution in [1.82, 2.24) is 0 Å². The van der Waals surface area contributed by atoms with Gasteiger partial charge in [-0.1, -0.05) is 0 Å². The van der Waals surface area contributed by atoms with Crippen LogP contribution in [0.2, 0.25) is 0 Å². The number of ether oxygens (including phenoxy) is 2. The number of benzene rings is 1. The molecule has 0 saturated carbocycles. The van der Waals surface area contributed by atoms with Crippen molar-refractivity contribution >= 4 is 15.8 Å². The number of hydrogen-bond acceptors (Lipinski definition) is 6. The summed E-state index contributed by atoms with van der Waals surface area (Å²) in [4.78, 5) is 11.3. The van der Waals surface area contributed by atoms with E-state index in [1.807, 2.05) is 0 Å². The van der Waals surface area contributed by atoms with Crippen LogP contribution in [0.5, 0.6) is 5.75 Å². The molecule has 1 rings (SSSR count).